The summed E-state index contributed by atoms with van der Waals surface area (Å²) in [7, 11) is 1.81. The van der Waals surface area contributed by atoms with Gasteiger partial charge in [0.15, 0.2) is 0 Å². The Kier molecular flexibility index (Phi) is 4.73. The first-order valence-corrected chi connectivity index (χ1v) is 7.45. The van der Waals surface area contributed by atoms with Gasteiger partial charge in [-0.3, -0.25) is 9.97 Å². The summed E-state index contributed by atoms with van der Waals surface area (Å²) in [6, 6.07) is 9.85. The van der Waals surface area contributed by atoms with E-state index < -0.39 is 0 Å². The van der Waals surface area contributed by atoms with Gasteiger partial charge in [-0.15, -0.1) is 0 Å². The highest BCUT2D eigenvalue weighted by Crippen LogP contribution is 2.20. The van der Waals surface area contributed by atoms with Crippen molar-refractivity contribution in [1.29, 1.82) is 0 Å². The molecule has 3 aromatic heterocycles. The fourth-order valence-electron chi connectivity index (χ4n) is 2.20. The Bertz CT molecular complexity index is 746. The van der Waals surface area contributed by atoms with Crippen molar-refractivity contribution in [3.05, 3.63) is 60.7 Å². The fourth-order valence-corrected chi connectivity index (χ4v) is 2.20. The Hall–Kier alpha value is -3.02. The first-order valence-electron chi connectivity index (χ1n) is 7.45. The molecule has 0 aromatic carbocycles. The van der Waals surface area contributed by atoms with Crippen LogP contribution in [0.3, 0.4) is 0 Å². The maximum atomic E-state index is 4.49. The maximum absolute atomic E-state index is 4.49. The minimum absolute atomic E-state index is 0.589. The third kappa shape index (κ3) is 4.00. The summed E-state index contributed by atoms with van der Waals surface area (Å²) in [4.78, 5) is 17.0. The smallest absolute Gasteiger partial charge is 0.224 e. The van der Waals surface area contributed by atoms with Crippen LogP contribution in [0.5, 0.6) is 0 Å². The van der Waals surface area contributed by atoms with Gasteiger partial charge in [0, 0.05) is 50.0 Å². The molecule has 0 bridgehead atoms. The molecule has 0 saturated carbocycles. The van der Waals surface area contributed by atoms with Crippen LogP contribution in [-0.2, 0) is 6.42 Å². The largest absolute Gasteiger partial charge is 0.370 e. The zero-order chi connectivity index (χ0) is 15.9. The number of nitrogens with one attached hydrogen (secondary N) is 2. The molecule has 0 amide bonds. The minimum atomic E-state index is 0.589. The average Bonchev–Trinajstić information content (AvgIpc) is 2.63. The van der Waals surface area contributed by atoms with Crippen LogP contribution in [0, 0.1) is 0 Å². The second-order valence-corrected chi connectivity index (χ2v) is 4.98. The predicted molar refractivity (Wildman–Crippen MR) is 91.2 cm³/mol. The van der Waals surface area contributed by atoms with E-state index in [0.29, 0.717) is 5.95 Å². The van der Waals surface area contributed by atoms with Gasteiger partial charge in [-0.1, -0.05) is 0 Å². The van der Waals surface area contributed by atoms with E-state index in [2.05, 4.69) is 30.6 Å². The molecule has 0 aliphatic carbocycles. The molecule has 6 nitrogen and oxygen atoms in total. The number of nitrogens with zero attached hydrogens (tertiary/aromatic N) is 4. The Morgan fingerprint density at radius 1 is 0.913 bits per heavy atom. The first-order chi connectivity index (χ1) is 11.3. The van der Waals surface area contributed by atoms with Crippen molar-refractivity contribution in [2.75, 3.05) is 24.2 Å². The van der Waals surface area contributed by atoms with Gasteiger partial charge in [-0.05, 0) is 36.2 Å². The van der Waals surface area contributed by atoms with E-state index in [0.717, 1.165) is 30.0 Å². The van der Waals surface area contributed by atoms with Crippen LogP contribution in [0.4, 0.5) is 11.8 Å². The Morgan fingerprint density at radius 3 is 2.30 bits per heavy atom. The molecular formula is C17H18N6. The molecule has 6 heteroatoms. The summed E-state index contributed by atoms with van der Waals surface area (Å²) in [6.45, 7) is 0.792. The van der Waals surface area contributed by atoms with Crippen molar-refractivity contribution in [2.24, 2.45) is 0 Å². The Labute approximate surface area is 135 Å². The second-order valence-electron chi connectivity index (χ2n) is 4.98. The van der Waals surface area contributed by atoms with Gasteiger partial charge in [-0.25, -0.2) is 4.98 Å². The summed E-state index contributed by atoms with van der Waals surface area (Å²) in [5.74, 6) is 1.39. The first kappa shape index (κ1) is 14.9. The Morgan fingerprint density at radius 2 is 1.61 bits per heavy atom. The number of hydrogen-bond donors (Lipinski definition) is 2. The molecule has 0 unspecified atom stereocenters. The van der Waals surface area contributed by atoms with Crippen LogP contribution in [0.1, 0.15) is 5.56 Å². The summed E-state index contributed by atoms with van der Waals surface area (Å²) in [6.07, 6.45) is 8.04. The molecule has 0 spiro atoms. The molecule has 3 heterocycles. The van der Waals surface area contributed by atoms with Gasteiger partial charge >= 0.3 is 0 Å². The van der Waals surface area contributed by atoms with Crippen LogP contribution in [0.2, 0.25) is 0 Å². The predicted octanol–water partition coefficient (Wildman–Crippen LogP) is 2.63. The summed E-state index contributed by atoms with van der Waals surface area (Å²) in [5.41, 5.74) is 3.11. The Balaban J connectivity index is 1.74. The molecule has 23 heavy (non-hydrogen) atoms. The fraction of sp³-hybridized carbons (Fsp3) is 0.176. The highest BCUT2D eigenvalue weighted by Gasteiger charge is 2.05. The quantitative estimate of drug-likeness (QED) is 0.729. The number of aromatic nitrogens is 4. The van der Waals surface area contributed by atoms with Gasteiger partial charge < -0.3 is 10.6 Å². The van der Waals surface area contributed by atoms with Crippen LogP contribution in [0.25, 0.3) is 11.3 Å². The summed E-state index contributed by atoms with van der Waals surface area (Å²) >= 11 is 0. The molecule has 116 valence electrons. The minimum Gasteiger partial charge on any atom is -0.370 e. The van der Waals surface area contributed by atoms with E-state index in [-0.39, 0.29) is 0 Å². The molecule has 0 aliphatic heterocycles. The highest BCUT2D eigenvalue weighted by atomic mass is 15.1. The normalized spacial score (nSPS) is 10.3. The van der Waals surface area contributed by atoms with Crippen LogP contribution in [0.15, 0.2) is 55.1 Å². The molecular weight excluding hydrogens is 288 g/mol. The van der Waals surface area contributed by atoms with E-state index in [1.807, 2.05) is 37.4 Å². The lowest BCUT2D eigenvalue weighted by atomic mass is 10.2. The van der Waals surface area contributed by atoms with Gasteiger partial charge in [0.25, 0.3) is 0 Å². The lowest BCUT2D eigenvalue weighted by Crippen LogP contribution is -2.08. The summed E-state index contributed by atoms with van der Waals surface area (Å²) < 4.78 is 0. The molecule has 0 radical (unpaired) electrons. The van der Waals surface area contributed by atoms with E-state index in [1.54, 1.807) is 24.8 Å². The molecule has 3 rings (SSSR count). The monoisotopic (exact) mass is 306 g/mol. The molecule has 0 fully saturated rings. The zero-order valence-electron chi connectivity index (χ0n) is 12.9. The van der Waals surface area contributed by atoms with E-state index in [9.17, 15) is 0 Å². The number of pyridine rings is 2. The lowest BCUT2D eigenvalue weighted by Gasteiger charge is -2.10. The third-order valence-corrected chi connectivity index (χ3v) is 3.39. The van der Waals surface area contributed by atoms with E-state index in [1.165, 1.54) is 5.56 Å². The third-order valence-electron chi connectivity index (χ3n) is 3.39. The van der Waals surface area contributed by atoms with Crippen molar-refractivity contribution >= 4 is 11.8 Å². The van der Waals surface area contributed by atoms with Gasteiger partial charge in [-0.2, -0.15) is 4.98 Å². The van der Waals surface area contributed by atoms with Crippen LogP contribution >= 0.6 is 0 Å². The van der Waals surface area contributed by atoms with Crippen LogP contribution in [-0.4, -0.2) is 33.5 Å². The molecule has 0 saturated heterocycles. The molecule has 3 aromatic rings. The standard InChI is InChI=1S/C17H18N6/c1-18-17-22-15(14-5-9-20-10-6-14)12-16(23-17)21-11-4-13-2-7-19-8-3-13/h2-3,5-10,12H,4,11H2,1H3,(H2,18,21,22,23). The van der Waals surface area contributed by atoms with Crippen molar-refractivity contribution in [3.8, 4) is 11.3 Å². The van der Waals surface area contributed by atoms with Crippen LogP contribution < -0.4 is 10.6 Å². The van der Waals surface area contributed by atoms with Gasteiger partial charge in [0.1, 0.15) is 5.82 Å². The topological polar surface area (TPSA) is 75.6 Å². The van der Waals surface area contributed by atoms with Crippen molar-refractivity contribution in [3.63, 3.8) is 0 Å². The SMILES string of the molecule is CNc1nc(NCCc2ccncc2)cc(-c2ccncc2)n1. The van der Waals surface area contributed by atoms with Gasteiger partial charge in [0.2, 0.25) is 5.95 Å². The number of anilines is 2. The average molecular weight is 306 g/mol. The molecule has 2 N–H and O–H groups in total. The van der Waals surface area contributed by atoms with Crippen molar-refractivity contribution in [2.45, 2.75) is 6.42 Å². The summed E-state index contributed by atoms with van der Waals surface area (Å²) in [5, 5.41) is 6.35. The van der Waals surface area contributed by atoms with Crippen molar-refractivity contribution in [1.82, 2.24) is 19.9 Å². The highest BCUT2D eigenvalue weighted by molar-refractivity contribution is 5.63. The van der Waals surface area contributed by atoms with Gasteiger partial charge in [0.05, 0.1) is 5.69 Å². The van der Waals surface area contributed by atoms with Crippen molar-refractivity contribution < 1.29 is 0 Å². The van der Waals surface area contributed by atoms with E-state index >= 15 is 0 Å². The number of rotatable bonds is 6. The molecule has 0 atom stereocenters. The maximum Gasteiger partial charge on any atom is 0.224 e. The molecule has 0 aliphatic rings. The van der Waals surface area contributed by atoms with E-state index in [4.69, 9.17) is 0 Å². The second kappa shape index (κ2) is 7.31. The zero-order valence-corrected chi connectivity index (χ0v) is 12.9. The lowest BCUT2D eigenvalue weighted by molar-refractivity contribution is 0.995. The number of hydrogen-bond acceptors (Lipinski definition) is 6.